The van der Waals surface area contributed by atoms with Crippen LogP contribution in [0.2, 0.25) is 0 Å². The first-order chi connectivity index (χ1) is 22.8. The van der Waals surface area contributed by atoms with Crippen molar-refractivity contribution in [2.45, 2.75) is 47.6 Å². The summed E-state index contributed by atoms with van der Waals surface area (Å²) in [5.74, 6) is -0.637. The number of imidazole rings is 1. The van der Waals surface area contributed by atoms with Gasteiger partial charge in [-0.05, 0) is 60.9 Å². The minimum atomic E-state index is -0.948. The number of carboxylic acids is 1. The van der Waals surface area contributed by atoms with Crippen molar-refractivity contribution in [3.05, 3.63) is 107 Å². The van der Waals surface area contributed by atoms with Crippen LogP contribution in [0.15, 0.2) is 84.5 Å². The van der Waals surface area contributed by atoms with Crippen molar-refractivity contribution in [1.82, 2.24) is 19.8 Å². The summed E-state index contributed by atoms with van der Waals surface area (Å²) < 4.78 is 2.00. The van der Waals surface area contributed by atoms with Gasteiger partial charge >= 0.3 is 5.97 Å². The van der Waals surface area contributed by atoms with Crippen LogP contribution in [-0.2, 0) is 11.3 Å². The molecule has 2 heterocycles. The van der Waals surface area contributed by atoms with E-state index in [2.05, 4.69) is 38.2 Å². The normalized spacial score (nSPS) is 18.5. The summed E-state index contributed by atoms with van der Waals surface area (Å²) >= 11 is 0. The Balaban J connectivity index is 1.33. The van der Waals surface area contributed by atoms with Crippen LogP contribution in [0.5, 0.6) is 0 Å². The number of nitrogens with one attached hydrogen (secondary N) is 1. The molecule has 2 amide bonds. The van der Waals surface area contributed by atoms with Gasteiger partial charge in [-0.1, -0.05) is 68.8 Å². The van der Waals surface area contributed by atoms with Gasteiger partial charge in [0.25, 0.3) is 5.91 Å². The number of nitrogens with zero attached hydrogens (tertiary/aromatic N) is 3. The number of allylic oxidation sites excluding steroid dienone is 2. The molecular weight excluding hydrogens is 604 g/mol. The van der Waals surface area contributed by atoms with Crippen molar-refractivity contribution < 1.29 is 24.3 Å². The van der Waals surface area contributed by atoms with Crippen LogP contribution in [0.3, 0.4) is 0 Å². The van der Waals surface area contributed by atoms with E-state index in [-0.39, 0.29) is 34.0 Å². The summed E-state index contributed by atoms with van der Waals surface area (Å²) in [4.78, 5) is 56.5. The Bertz CT molecular complexity index is 2030. The van der Waals surface area contributed by atoms with Gasteiger partial charge in [0.15, 0.2) is 5.78 Å². The molecule has 0 radical (unpaired) electrons. The van der Waals surface area contributed by atoms with Crippen LogP contribution in [0, 0.1) is 10.8 Å². The van der Waals surface area contributed by atoms with Crippen LogP contribution in [0.1, 0.15) is 77.7 Å². The molecule has 0 spiro atoms. The molecule has 3 aromatic carbocycles. The van der Waals surface area contributed by atoms with E-state index in [1.807, 2.05) is 51.9 Å². The van der Waals surface area contributed by atoms with E-state index < -0.39 is 5.97 Å². The summed E-state index contributed by atoms with van der Waals surface area (Å²) in [6.07, 6.45) is 5.16. The van der Waals surface area contributed by atoms with Gasteiger partial charge in [-0.2, -0.15) is 0 Å². The molecule has 1 aliphatic carbocycles. The molecule has 1 atom stereocenters. The zero-order valence-corrected chi connectivity index (χ0v) is 28.0. The monoisotopic (exact) mass is 644 g/mol. The van der Waals surface area contributed by atoms with Crippen LogP contribution in [0.4, 0.5) is 0 Å². The first-order valence-corrected chi connectivity index (χ1v) is 16.2. The number of aromatic nitrogens is 2. The largest absolute Gasteiger partial charge is 0.478 e. The molecule has 0 bridgehead atoms. The van der Waals surface area contributed by atoms with Gasteiger partial charge in [-0.25, -0.2) is 9.78 Å². The number of ketones is 1. The number of carbonyl (C=O) groups is 4. The molecule has 4 aromatic rings. The molecule has 0 saturated carbocycles. The average Bonchev–Trinajstić information content (AvgIpc) is 3.41. The fraction of sp³-hybridized carbons (Fsp3) is 0.308. The van der Waals surface area contributed by atoms with E-state index in [0.717, 1.165) is 23.1 Å². The van der Waals surface area contributed by atoms with Gasteiger partial charge in [0.2, 0.25) is 5.91 Å². The number of hydrogen-bond donors (Lipinski definition) is 2. The van der Waals surface area contributed by atoms with Gasteiger partial charge in [0, 0.05) is 55.1 Å². The lowest BCUT2D eigenvalue weighted by molar-refractivity contribution is -0.118. The standard InChI is InChI=1S/C39H40N4O5/c1-24(44)28-14-15-33-32(22-28)41-35(43(33)21-19-40-25(2)45)29-8-6-7-9-30(29)36(46)42-20-17-34-38(3,4)31(16-18-39(34,5)23-42)26-10-12-27(13-11-26)37(47)48/h6-17,22H,18-21,23H2,1-5H3,(H,40,45)(H,47,48)/t39-/m1/s1. The van der Waals surface area contributed by atoms with Crippen molar-refractivity contribution in [3.63, 3.8) is 0 Å². The predicted octanol–water partition coefficient (Wildman–Crippen LogP) is 6.64. The van der Waals surface area contributed by atoms with Gasteiger partial charge in [0.1, 0.15) is 5.82 Å². The minimum absolute atomic E-state index is 0.0585. The number of amides is 2. The van der Waals surface area contributed by atoms with E-state index in [4.69, 9.17) is 4.98 Å². The predicted molar refractivity (Wildman–Crippen MR) is 186 cm³/mol. The Hall–Kier alpha value is -5.31. The van der Waals surface area contributed by atoms with Gasteiger partial charge < -0.3 is 19.9 Å². The van der Waals surface area contributed by atoms with E-state index in [9.17, 15) is 24.3 Å². The number of hydrogen-bond acceptors (Lipinski definition) is 5. The fourth-order valence-corrected chi connectivity index (χ4v) is 7.52. The van der Waals surface area contributed by atoms with Crippen LogP contribution >= 0.6 is 0 Å². The summed E-state index contributed by atoms with van der Waals surface area (Å²) in [7, 11) is 0. The molecule has 9 nitrogen and oxygen atoms in total. The fourth-order valence-electron chi connectivity index (χ4n) is 7.52. The lowest BCUT2D eigenvalue weighted by atomic mass is 9.58. The summed E-state index contributed by atoms with van der Waals surface area (Å²) in [5.41, 5.74) is 6.30. The summed E-state index contributed by atoms with van der Waals surface area (Å²) in [5, 5.41) is 12.2. The first kappa shape index (κ1) is 32.6. The maximum atomic E-state index is 14.4. The van der Waals surface area contributed by atoms with Crippen molar-refractivity contribution in [2.24, 2.45) is 10.8 Å². The number of benzene rings is 3. The van der Waals surface area contributed by atoms with E-state index >= 15 is 0 Å². The molecule has 2 N–H and O–H groups in total. The lowest BCUT2D eigenvalue weighted by Crippen LogP contribution is -2.48. The third-order valence-corrected chi connectivity index (χ3v) is 9.80. The summed E-state index contributed by atoms with van der Waals surface area (Å²) in [6.45, 7) is 11.4. The second-order valence-corrected chi connectivity index (χ2v) is 13.6. The smallest absolute Gasteiger partial charge is 0.335 e. The van der Waals surface area contributed by atoms with Crippen molar-refractivity contribution in [1.29, 1.82) is 0 Å². The number of Topliss-reactive ketones (excluding diaryl/α,β-unsaturated/α-hetero) is 1. The molecule has 2 aliphatic rings. The Morgan fingerprint density at radius 3 is 2.31 bits per heavy atom. The minimum Gasteiger partial charge on any atom is -0.478 e. The van der Waals surface area contributed by atoms with Crippen molar-refractivity contribution >= 4 is 40.2 Å². The molecule has 6 rings (SSSR count). The Morgan fingerprint density at radius 1 is 0.917 bits per heavy atom. The molecule has 0 unspecified atom stereocenters. The second kappa shape index (κ2) is 12.4. The third-order valence-electron chi connectivity index (χ3n) is 9.80. The molecule has 246 valence electrons. The SMILES string of the molecule is CC(=O)NCCn1c(-c2ccccc2C(=O)N2CC=C3C(C)(C)C(c4ccc(C(=O)O)cc4)=CC[C@]3(C)C2)nc2cc(C(C)=O)ccc21. The number of fused-ring (bicyclic) bond motifs is 2. The van der Waals surface area contributed by atoms with Gasteiger partial charge in [-0.15, -0.1) is 0 Å². The topological polar surface area (TPSA) is 122 Å². The first-order valence-electron chi connectivity index (χ1n) is 16.2. The van der Waals surface area contributed by atoms with Gasteiger partial charge in [0.05, 0.1) is 22.2 Å². The average molecular weight is 645 g/mol. The molecule has 0 saturated heterocycles. The highest BCUT2D eigenvalue weighted by atomic mass is 16.4. The quantitative estimate of drug-likeness (QED) is 0.164. The number of carbonyl (C=O) groups excluding carboxylic acids is 3. The maximum absolute atomic E-state index is 14.4. The van der Waals surface area contributed by atoms with Crippen LogP contribution in [0.25, 0.3) is 28.0 Å². The molecule has 1 aromatic heterocycles. The number of rotatable bonds is 8. The highest BCUT2D eigenvalue weighted by Crippen LogP contribution is 2.55. The highest BCUT2D eigenvalue weighted by molar-refractivity contribution is 6.02. The van der Waals surface area contributed by atoms with Crippen molar-refractivity contribution in [3.8, 4) is 11.4 Å². The highest BCUT2D eigenvalue weighted by Gasteiger charge is 2.46. The molecule has 0 fully saturated rings. The zero-order chi connectivity index (χ0) is 34.4. The van der Waals surface area contributed by atoms with Crippen molar-refractivity contribution in [2.75, 3.05) is 19.6 Å². The molecule has 1 aliphatic heterocycles. The lowest BCUT2D eigenvalue weighted by Gasteiger charge is -2.50. The second-order valence-electron chi connectivity index (χ2n) is 13.6. The van der Waals surface area contributed by atoms with E-state index in [1.165, 1.54) is 19.4 Å². The Kier molecular flexibility index (Phi) is 8.41. The number of carboxylic acid groups (broad SMARTS) is 1. The van der Waals surface area contributed by atoms with E-state index in [0.29, 0.717) is 54.2 Å². The third kappa shape index (κ3) is 5.85. The Morgan fingerprint density at radius 2 is 1.62 bits per heavy atom. The van der Waals surface area contributed by atoms with Gasteiger partial charge in [-0.3, -0.25) is 14.4 Å². The number of aromatic carboxylic acids is 1. The summed E-state index contributed by atoms with van der Waals surface area (Å²) in [6, 6.07) is 19.9. The molecule has 9 heteroatoms. The van der Waals surface area contributed by atoms with Crippen LogP contribution in [-0.4, -0.2) is 62.8 Å². The zero-order valence-electron chi connectivity index (χ0n) is 28.0. The van der Waals surface area contributed by atoms with Crippen LogP contribution < -0.4 is 5.32 Å². The van der Waals surface area contributed by atoms with E-state index in [1.54, 1.807) is 24.3 Å². The molecular formula is C39H40N4O5. The molecule has 48 heavy (non-hydrogen) atoms. The Labute approximate surface area is 280 Å². The maximum Gasteiger partial charge on any atom is 0.335 e.